The molecule has 3 rings (SSSR count). The number of alkyl halides is 3. The summed E-state index contributed by atoms with van der Waals surface area (Å²) in [4.78, 5) is 0. The molecule has 0 fully saturated rings. The van der Waals surface area contributed by atoms with Gasteiger partial charge in [-0.25, -0.2) is 0 Å². The van der Waals surface area contributed by atoms with E-state index in [9.17, 15) is 13.2 Å². The molecule has 1 N–H and O–H groups in total. The van der Waals surface area contributed by atoms with Gasteiger partial charge in [-0.05, 0) is 47.0 Å². The van der Waals surface area contributed by atoms with Gasteiger partial charge in [0.2, 0.25) is 0 Å². The Kier molecular flexibility index (Phi) is 4.41. The first kappa shape index (κ1) is 16.0. The van der Waals surface area contributed by atoms with Crippen LogP contribution in [-0.2, 0) is 12.7 Å². The van der Waals surface area contributed by atoms with Crippen LogP contribution in [-0.4, -0.2) is 0 Å². The van der Waals surface area contributed by atoms with Gasteiger partial charge in [0, 0.05) is 17.3 Å². The molecule has 0 aliphatic rings. The third-order valence-electron chi connectivity index (χ3n) is 3.87. The van der Waals surface area contributed by atoms with Gasteiger partial charge in [-0.1, -0.05) is 30.3 Å². The molecule has 2 aromatic carbocycles. The smallest absolute Gasteiger partial charge is 0.306 e. The van der Waals surface area contributed by atoms with Crippen molar-refractivity contribution in [2.75, 3.05) is 0 Å². The Morgan fingerprint density at radius 1 is 1.09 bits per heavy atom. The lowest BCUT2D eigenvalue weighted by Gasteiger charge is -2.16. The Hall–Kier alpha value is -1.85. The van der Waals surface area contributed by atoms with Gasteiger partial charge in [-0.2, -0.15) is 13.2 Å². The molecule has 0 bridgehead atoms. The second kappa shape index (κ2) is 6.34. The van der Waals surface area contributed by atoms with Crippen molar-refractivity contribution >= 4 is 21.4 Å². The predicted molar refractivity (Wildman–Crippen MR) is 88.5 cm³/mol. The van der Waals surface area contributed by atoms with Crippen LogP contribution in [0.4, 0.5) is 13.2 Å². The molecule has 0 aliphatic carbocycles. The van der Waals surface area contributed by atoms with Crippen LogP contribution in [0.3, 0.4) is 0 Å². The summed E-state index contributed by atoms with van der Waals surface area (Å²) in [7, 11) is 0. The van der Waals surface area contributed by atoms with Gasteiger partial charge in [0.1, 0.15) is 0 Å². The maximum absolute atomic E-state index is 12.8. The molecule has 3 aromatic rings. The minimum absolute atomic E-state index is 0.157. The van der Waals surface area contributed by atoms with Crippen LogP contribution in [0.2, 0.25) is 0 Å². The van der Waals surface area contributed by atoms with Gasteiger partial charge < -0.3 is 5.32 Å². The third kappa shape index (κ3) is 3.57. The molecule has 1 aromatic heterocycles. The molecule has 0 aliphatic heterocycles. The standard InChI is InChI=1S/C18H16F3NS/c1-12(13-5-4-6-15(9-13)18(19,20)21)22-10-14-11-23-17-8-3-2-7-16(14)17/h2-9,11-12,22H,10H2,1H3. The number of fused-ring (bicyclic) bond motifs is 1. The summed E-state index contributed by atoms with van der Waals surface area (Å²) >= 11 is 1.68. The number of hydrogen-bond acceptors (Lipinski definition) is 2. The summed E-state index contributed by atoms with van der Waals surface area (Å²) in [5.74, 6) is 0. The van der Waals surface area contributed by atoms with Crippen molar-refractivity contribution in [1.82, 2.24) is 5.32 Å². The minimum Gasteiger partial charge on any atom is -0.306 e. The molecule has 1 nitrogen and oxygen atoms in total. The van der Waals surface area contributed by atoms with Crippen LogP contribution in [0.1, 0.15) is 29.7 Å². The summed E-state index contributed by atoms with van der Waals surface area (Å²) in [6, 6.07) is 13.5. The Balaban J connectivity index is 1.73. The fourth-order valence-corrected chi connectivity index (χ4v) is 3.50. The van der Waals surface area contributed by atoms with Crippen molar-refractivity contribution in [3.63, 3.8) is 0 Å². The maximum atomic E-state index is 12.8. The molecule has 1 unspecified atom stereocenters. The largest absolute Gasteiger partial charge is 0.416 e. The Morgan fingerprint density at radius 3 is 2.65 bits per heavy atom. The van der Waals surface area contributed by atoms with E-state index in [1.165, 1.54) is 27.8 Å². The number of benzene rings is 2. The second-order valence-electron chi connectivity index (χ2n) is 5.48. The lowest BCUT2D eigenvalue weighted by molar-refractivity contribution is -0.137. The summed E-state index contributed by atoms with van der Waals surface area (Å²) < 4.78 is 39.6. The third-order valence-corrected chi connectivity index (χ3v) is 4.89. The van der Waals surface area contributed by atoms with Crippen molar-refractivity contribution in [2.45, 2.75) is 25.7 Å². The number of nitrogens with one attached hydrogen (secondary N) is 1. The first-order valence-electron chi connectivity index (χ1n) is 7.31. The molecule has 0 amide bonds. The second-order valence-corrected chi connectivity index (χ2v) is 6.39. The van der Waals surface area contributed by atoms with Gasteiger partial charge in [0.05, 0.1) is 5.56 Å². The normalized spacial score (nSPS) is 13.4. The molecule has 120 valence electrons. The highest BCUT2D eigenvalue weighted by Gasteiger charge is 2.30. The van der Waals surface area contributed by atoms with E-state index in [1.807, 2.05) is 19.1 Å². The average Bonchev–Trinajstić information content (AvgIpc) is 2.95. The van der Waals surface area contributed by atoms with Crippen LogP contribution < -0.4 is 5.32 Å². The fraction of sp³-hybridized carbons (Fsp3) is 0.222. The van der Waals surface area contributed by atoms with E-state index in [4.69, 9.17) is 0 Å². The zero-order valence-electron chi connectivity index (χ0n) is 12.5. The van der Waals surface area contributed by atoms with Crippen molar-refractivity contribution < 1.29 is 13.2 Å². The molecule has 5 heteroatoms. The number of thiophene rings is 1. The maximum Gasteiger partial charge on any atom is 0.416 e. The molecule has 0 saturated carbocycles. The molecule has 1 atom stereocenters. The van der Waals surface area contributed by atoms with Gasteiger partial charge in [0.15, 0.2) is 0 Å². The predicted octanol–water partition coefficient (Wildman–Crippen LogP) is 5.77. The molecule has 0 radical (unpaired) electrons. The SMILES string of the molecule is CC(NCc1csc2ccccc12)c1cccc(C(F)(F)F)c1. The van der Waals surface area contributed by atoms with Gasteiger partial charge in [0.25, 0.3) is 0 Å². The van der Waals surface area contributed by atoms with Crippen LogP contribution in [0.15, 0.2) is 53.9 Å². The van der Waals surface area contributed by atoms with E-state index in [-0.39, 0.29) is 6.04 Å². The van der Waals surface area contributed by atoms with E-state index < -0.39 is 11.7 Å². The van der Waals surface area contributed by atoms with Crippen molar-refractivity contribution in [1.29, 1.82) is 0 Å². The van der Waals surface area contributed by atoms with E-state index in [2.05, 4.69) is 22.8 Å². The monoisotopic (exact) mass is 335 g/mol. The Bertz CT molecular complexity index is 807. The minimum atomic E-state index is -4.31. The number of rotatable bonds is 4. The van der Waals surface area contributed by atoms with Crippen LogP contribution in [0.25, 0.3) is 10.1 Å². The quantitative estimate of drug-likeness (QED) is 0.638. The number of halogens is 3. The lowest BCUT2D eigenvalue weighted by Crippen LogP contribution is -2.18. The topological polar surface area (TPSA) is 12.0 Å². The number of hydrogen-bond donors (Lipinski definition) is 1. The highest BCUT2D eigenvalue weighted by atomic mass is 32.1. The lowest BCUT2D eigenvalue weighted by atomic mass is 10.0. The van der Waals surface area contributed by atoms with E-state index in [0.717, 1.165) is 6.07 Å². The van der Waals surface area contributed by atoms with Gasteiger partial charge >= 0.3 is 6.18 Å². The van der Waals surface area contributed by atoms with Crippen molar-refractivity contribution in [3.05, 3.63) is 70.6 Å². The van der Waals surface area contributed by atoms with Gasteiger partial charge in [-0.15, -0.1) is 11.3 Å². The van der Waals surface area contributed by atoms with Crippen LogP contribution in [0, 0.1) is 0 Å². The van der Waals surface area contributed by atoms with E-state index in [0.29, 0.717) is 12.1 Å². The molecule has 23 heavy (non-hydrogen) atoms. The Labute approximate surface area is 136 Å². The van der Waals surface area contributed by atoms with Crippen molar-refractivity contribution in [2.24, 2.45) is 0 Å². The van der Waals surface area contributed by atoms with Crippen LogP contribution in [0.5, 0.6) is 0 Å². The summed E-state index contributed by atoms with van der Waals surface area (Å²) in [5.41, 5.74) is 1.20. The molecule has 0 saturated heterocycles. The highest BCUT2D eigenvalue weighted by molar-refractivity contribution is 7.17. The van der Waals surface area contributed by atoms with Crippen molar-refractivity contribution in [3.8, 4) is 0 Å². The summed E-state index contributed by atoms with van der Waals surface area (Å²) in [5, 5.41) is 6.60. The first-order valence-corrected chi connectivity index (χ1v) is 8.19. The molecular weight excluding hydrogens is 319 g/mol. The molecule has 1 heterocycles. The summed E-state index contributed by atoms with van der Waals surface area (Å²) in [6.45, 7) is 2.51. The average molecular weight is 335 g/mol. The zero-order valence-corrected chi connectivity index (χ0v) is 13.3. The van der Waals surface area contributed by atoms with Crippen LogP contribution >= 0.6 is 11.3 Å². The fourth-order valence-electron chi connectivity index (χ4n) is 2.53. The molecule has 0 spiro atoms. The van der Waals surface area contributed by atoms with E-state index in [1.54, 1.807) is 17.4 Å². The molecular formula is C18H16F3NS. The first-order chi connectivity index (χ1) is 10.9. The highest BCUT2D eigenvalue weighted by Crippen LogP contribution is 2.31. The van der Waals surface area contributed by atoms with Gasteiger partial charge in [-0.3, -0.25) is 0 Å². The Morgan fingerprint density at radius 2 is 1.87 bits per heavy atom. The summed E-state index contributed by atoms with van der Waals surface area (Å²) in [6.07, 6.45) is -4.31. The van der Waals surface area contributed by atoms with E-state index >= 15 is 0 Å². The zero-order chi connectivity index (χ0) is 16.4.